The summed E-state index contributed by atoms with van der Waals surface area (Å²) in [4.78, 5) is 21.2. The van der Waals surface area contributed by atoms with Crippen LogP contribution in [0.25, 0.3) is 0 Å². The number of anilines is 4. The standard InChI is InChI=1S/C25H27ClN4O4S/c1-14(2)34-21-12-10-16-17(9-11-20(16)31)23(21)29-25-27-13-18(26)24(30-25)28-19-7-5-6-8-22(19)35(32,33)15(3)4/h5-8,10,12-15H,9,11H2,1-4H3,(H2,27,28,29,30). The molecular weight excluding hydrogens is 488 g/mol. The van der Waals surface area contributed by atoms with E-state index in [1.807, 2.05) is 13.8 Å². The third-order valence-electron chi connectivity index (χ3n) is 5.59. The molecule has 0 saturated carbocycles. The molecule has 4 rings (SSSR count). The van der Waals surface area contributed by atoms with Crippen molar-refractivity contribution in [3.8, 4) is 5.75 Å². The van der Waals surface area contributed by atoms with Crippen LogP contribution in [0.2, 0.25) is 5.02 Å². The Morgan fingerprint density at radius 2 is 1.77 bits per heavy atom. The summed E-state index contributed by atoms with van der Waals surface area (Å²) >= 11 is 6.36. The van der Waals surface area contributed by atoms with Gasteiger partial charge < -0.3 is 15.4 Å². The van der Waals surface area contributed by atoms with E-state index in [2.05, 4.69) is 20.6 Å². The Labute approximate surface area is 210 Å². The fourth-order valence-electron chi connectivity index (χ4n) is 3.84. The number of sulfone groups is 1. The number of carbonyl (C=O) groups excluding carboxylic acids is 1. The first-order valence-electron chi connectivity index (χ1n) is 11.3. The third kappa shape index (κ3) is 5.11. The number of benzene rings is 2. The molecule has 10 heteroatoms. The van der Waals surface area contributed by atoms with Crippen LogP contribution in [-0.2, 0) is 16.3 Å². The van der Waals surface area contributed by atoms with E-state index in [-0.39, 0.29) is 33.6 Å². The number of ether oxygens (including phenoxy) is 1. The number of aromatic nitrogens is 2. The largest absolute Gasteiger partial charge is 0.489 e. The number of halogens is 1. The minimum Gasteiger partial charge on any atom is -0.489 e. The van der Waals surface area contributed by atoms with Crippen molar-refractivity contribution < 1.29 is 17.9 Å². The molecule has 2 N–H and O–H groups in total. The maximum atomic E-state index is 12.8. The molecule has 0 saturated heterocycles. The van der Waals surface area contributed by atoms with Gasteiger partial charge in [-0.1, -0.05) is 23.7 Å². The van der Waals surface area contributed by atoms with Crippen LogP contribution in [0.3, 0.4) is 0 Å². The average molecular weight is 515 g/mol. The highest BCUT2D eigenvalue weighted by atomic mass is 35.5. The topological polar surface area (TPSA) is 110 Å². The summed E-state index contributed by atoms with van der Waals surface area (Å²) in [5.41, 5.74) is 2.51. The summed E-state index contributed by atoms with van der Waals surface area (Å²) in [5, 5.41) is 5.88. The number of Topliss-reactive ketones (excluding diaryl/α,β-unsaturated/α-hetero) is 1. The van der Waals surface area contributed by atoms with Crippen LogP contribution in [-0.4, -0.2) is 35.5 Å². The Hall–Kier alpha value is -3.17. The molecule has 184 valence electrons. The van der Waals surface area contributed by atoms with E-state index in [0.29, 0.717) is 35.5 Å². The fraction of sp³-hybridized carbons (Fsp3) is 0.320. The first kappa shape index (κ1) is 24.9. The number of ketones is 1. The molecule has 1 aliphatic rings. The molecule has 0 unspecified atom stereocenters. The van der Waals surface area contributed by atoms with Gasteiger partial charge in [0.1, 0.15) is 10.8 Å². The third-order valence-corrected chi connectivity index (χ3v) is 8.07. The minimum absolute atomic E-state index is 0.0755. The zero-order chi connectivity index (χ0) is 25.3. The van der Waals surface area contributed by atoms with Crippen molar-refractivity contribution in [1.29, 1.82) is 0 Å². The van der Waals surface area contributed by atoms with Gasteiger partial charge in [0.05, 0.1) is 33.8 Å². The van der Waals surface area contributed by atoms with E-state index in [1.54, 1.807) is 50.2 Å². The number of hydrogen-bond donors (Lipinski definition) is 2. The van der Waals surface area contributed by atoms with E-state index < -0.39 is 15.1 Å². The van der Waals surface area contributed by atoms with Gasteiger partial charge in [0.25, 0.3) is 0 Å². The molecule has 1 aliphatic carbocycles. The summed E-state index contributed by atoms with van der Waals surface area (Å²) in [7, 11) is -3.54. The summed E-state index contributed by atoms with van der Waals surface area (Å²) in [6.07, 6.45) is 2.37. The number of para-hydroxylation sites is 1. The number of carbonyl (C=O) groups is 1. The van der Waals surface area contributed by atoms with Crippen molar-refractivity contribution >= 4 is 50.4 Å². The predicted octanol–water partition coefficient (Wildman–Crippen LogP) is 5.72. The van der Waals surface area contributed by atoms with E-state index in [4.69, 9.17) is 16.3 Å². The highest BCUT2D eigenvalue weighted by Crippen LogP contribution is 2.39. The van der Waals surface area contributed by atoms with Crippen LogP contribution in [0.5, 0.6) is 5.75 Å². The molecule has 0 spiro atoms. The maximum Gasteiger partial charge on any atom is 0.229 e. The second-order valence-electron chi connectivity index (χ2n) is 8.78. The molecular formula is C25H27ClN4O4S. The molecule has 8 nitrogen and oxygen atoms in total. The summed E-state index contributed by atoms with van der Waals surface area (Å²) < 4.78 is 31.6. The van der Waals surface area contributed by atoms with Crippen LogP contribution < -0.4 is 15.4 Å². The van der Waals surface area contributed by atoms with Crippen molar-refractivity contribution in [2.45, 2.75) is 56.8 Å². The van der Waals surface area contributed by atoms with Crippen LogP contribution >= 0.6 is 11.6 Å². The second-order valence-corrected chi connectivity index (χ2v) is 11.7. The highest BCUT2D eigenvalue weighted by molar-refractivity contribution is 7.92. The lowest BCUT2D eigenvalue weighted by molar-refractivity contribution is 0.0994. The monoisotopic (exact) mass is 514 g/mol. The number of rotatable bonds is 8. The van der Waals surface area contributed by atoms with Crippen LogP contribution in [0.15, 0.2) is 47.5 Å². The van der Waals surface area contributed by atoms with Crippen molar-refractivity contribution in [1.82, 2.24) is 9.97 Å². The van der Waals surface area contributed by atoms with Crippen molar-refractivity contribution in [2.75, 3.05) is 10.6 Å². The quantitative estimate of drug-likeness (QED) is 0.393. The van der Waals surface area contributed by atoms with Gasteiger partial charge >= 0.3 is 0 Å². The predicted molar refractivity (Wildman–Crippen MR) is 137 cm³/mol. The van der Waals surface area contributed by atoms with E-state index in [9.17, 15) is 13.2 Å². The van der Waals surface area contributed by atoms with Crippen molar-refractivity contribution in [3.63, 3.8) is 0 Å². The molecule has 3 aromatic rings. The first-order valence-corrected chi connectivity index (χ1v) is 13.3. The molecule has 0 amide bonds. The van der Waals surface area contributed by atoms with Gasteiger partial charge in [-0.2, -0.15) is 4.98 Å². The summed E-state index contributed by atoms with van der Waals surface area (Å²) in [5.74, 6) is 1.14. The molecule has 0 aliphatic heterocycles. The lowest BCUT2D eigenvalue weighted by atomic mass is 10.1. The molecule has 0 fully saturated rings. The van der Waals surface area contributed by atoms with Crippen LogP contribution in [0.1, 0.15) is 50.0 Å². The van der Waals surface area contributed by atoms with Gasteiger partial charge in [0, 0.05) is 12.0 Å². The average Bonchev–Trinajstić information content (AvgIpc) is 3.18. The lowest BCUT2D eigenvalue weighted by Gasteiger charge is -2.19. The maximum absolute atomic E-state index is 12.8. The van der Waals surface area contributed by atoms with E-state index >= 15 is 0 Å². The Bertz CT molecular complexity index is 1390. The highest BCUT2D eigenvalue weighted by Gasteiger charge is 2.26. The van der Waals surface area contributed by atoms with Crippen molar-refractivity contribution in [2.24, 2.45) is 0 Å². The van der Waals surface area contributed by atoms with Gasteiger partial charge in [-0.3, -0.25) is 4.79 Å². The summed E-state index contributed by atoms with van der Waals surface area (Å²) in [6.45, 7) is 7.11. The Morgan fingerprint density at radius 1 is 1.03 bits per heavy atom. The molecule has 2 aromatic carbocycles. The molecule has 0 bridgehead atoms. The Morgan fingerprint density at radius 3 is 2.49 bits per heavy atom. The minimum atomic E-state index is -3.54. The van der Waals surface area contributed by atoms with E-state index in [1.165, 1.54) is 6.20 Å². The lowest BCUT2D eigenvalue weighted by Crippen LogP contribution is -2.15. The van der Waals surface area contributed by atoms with Crippen LogP contribution in [0.4, 0.5) is 23.1 Å². The van der Waals surface area contributed by atoms with Gasteiger partial charge in [-0.05, 0) is 63.9 Å². The molecule has 1 aromatic heterocycles. The van der Waals surface area contributed by atoms with Crippen molar-refractivity contribution in [3.05, 3.63) is 58.7 Å². The zero-order valence-electron chi connectivity index (χ0n) is 19.9. The second kappa shape index (κ2) is 9.83. The normalized spacial score (nSPS) is 13.3. The SMILES string of the molecule is CC(C)Oc1ccc2c(c1Nc1ncc(Cl)c(Nc3ccccc3S(=O)(=O)C(C)C)n1)CCC2=O. The number of nitrogens with one attached hydrogen (secondary N) is 2. The Balaban J connectivity index is 1.71. The van der Waals surface area contributed by atoms with Gasteiger partial charge in [0.2, 0.25) is 5.95 Å². The Kier molecular flexibility index (Phi) is 7.00. The smallest absolute Gasteiger partial charge is 0.229 e. The number of fused-ring (bicyclic) bond motifs is 1. The van der Waals surface area contributed by atoms with Gasteiger partial charge in [-0.25, -0.2) is 13.4 Å². The van der Waals surface area contributed by atoms with Gasteiger partial charge in [0.15, 0.2) is 21.4 Å². The van der Waals surface area contributed by atoms with E-state index in [0.717, 1.165) is 5.56 Å². The first-order chi connectivity index (χ1) is 16.6. The number of nitrogens with zero attached hydrogens (tertiary/aromatic N) is 2. The molecule has 0 atom stereocenters. The number of hydrogen-bond acceptors (Lipinski definition) is 8. The summed E-state index contributed by atoms with van der Waals surface area (Å²) in [6, 6.07) is 10.2. The molecule has 0 radical (unpaired) electrons. The zero-order valence-corrected chi connectivity index (χ0v) is 21.5. The van der Waals surface area contributed by atoms with Gasteiger partial charge in [-0.15, -0.1) is 0 Å². The molecule has 1 heterocycles. The van der Waals surface area contributed by atoms with Crippen LogP contribution in [0, 0.1) is 0 Å². The molecule has 35 heavy (non-hydrogen) atoms. The fourth-order valence-corrected chi connectivity index (χ4v) is 5.18.